The third-order valence-electron chi connectivity index (χ3n) is 4.29. The first kappa shape index (κ1) is 19.0. The fraction of sp³-hybridized carbons (Fsp3) is 0.263. The van der Waals surface area contributed by atoms with Gasteiger partial charge in [-0.25, -0.2) is 0 Å². The van der Waals surface area contributed by atoms with Crippen molar-refractivity contribution in [2.75, 3.05) is 23.7 Å². The van der Waals surface area contributed by atoms with Gasteiger partial charge in [0.2, 0.25) is 5.91 Å². The highest BCUT2D eigenvalue weighted by Crippen LogP contribution is 2.26. The van der Waals surface area contributed by atoms with Gasteiger partial charge in [-0.15, -0.1) is 0 Å². The highest BCUT2D eigenvalue weighted by Gasteiger charge is 2.27. The summed E-state index contributed by atoms with van der Waals surface area (Å²) in [6.07, 6.45) is 1.76. The number of piperidine rings is 1. The molecular formula is C19H19Cl2N3OS. The van der Waals surface area contributed by atoms with Gasteiger partial charge in [-0.2, -0.15) is 0 Å². The van der Waals surface area contributed by atoms with Crippen LogP contribution < -0.4 is 10.6 Å². The molecule has 7 heteroatoms. The van der Waals surface area contributed by atoms with E-state index in [1.54, 1.807) is 12.1 Å². The van der Waals surface area contributed by atoms with E-state index in [0.717, 1.165) is 30.8 Å². The fourth-order valence-electron chi connectivity index (χ4n) is 2.92. The smallest absolute Gasteiger partial charge is 0.229 e. The predicted octanol–water partition coefficient (Wildman–Crippen LogP) is 5.04. The minimum atomic E-state index is -0.0995. The fourth-order valence-corrected chi connectivity index (χ4v) is 3.50. The van der Waals surface area contributed by atoms with Crippen LogP contribution in [0.5, 0.6) is 0 Å². The van der Waals surface area contributed by atoms with Crippen molar-refractivity contribution < 1.29 is 4.79 Å². The second kappa shape index (κ2) is 8.71. The first-order valence-corrected chi connectivity index (χ1v) is 9.56. The molecule has 1 amide bonds. The molecule has 3 rings (SSSR count). The van der Waals surface area contributed by atoms with Gasteiger partial charge in [-0.05, 0) is 55.4 Å². The van der Waals surface area contributed by atoms with Gasteiger partial charge < -0.3 is 15.5 Å². The molecule has 1 heterocycles. The number of para-hydroxylation sites is 1. The Morgan fingerprint density at radius 2 is 1.81 bits per heavy atom. The van der Waals surface area contributed by atoms with Crippen molar-refractivity contribution in [3.8, 4) is 0 Å². The van der Waals surface area contributed by atoms with Crippen LogP contribution in [-0.2, 0) is 4.79 Å². The molecule has 1 saturated heterocycles. The third-order valence-corrected chi connectivity index (χ3v) is 5.39. The first-order valence-electron chi connectivity index (χ1n) is 8.40. The number of halogens is 2. The zero-order valence-electron chi connectivity index (χ0n) is 14.0. The van der Waals surface area contributed by atoms with Gasteiger partial charge in [-0.3, -0.25) is 4.79 Å². The molecule has 1 fully saturated rings. The predicted molar refractivity (Wildman–Crippen MR) is 112 cm³/mol. The molecule has 4 nitrogen and oxygen atoms in total. The molecule has 136 valence electrons. The Hall–Kier alpha value is -1.82. The number of thiocarbonyl (C=S) groups is 1. The lowest BCUT2D eigenvalue weighted by molar-refractivity contribution is -0.121. The Balaban J connectivity index is 1.59. The van der Waals surface area contributed by atoms with Crippen LogP contribution in [0.4, 0.5) is 11.4 Å². The van der Waals surface area contributed by atoms with Gasteiger partial charge in [0.15, 0.2) is 5.11 Å². The van der Waals surface area contributed by atoms with Crippen molar-refractivity contribution in [2.45, 2.75) is 12.8 Å². The number of carbonyl (C=O) groups is 1. The van der Waals surface area contributed by atoms with Gasteiger partial charge >= 0.3 is 0 Å². The molecule has 26 heavy (non-hydrogen) atoms. The molecule has 0 spiro atoms. The van der Waals surface area contributed by atoms with E-state index in [1.165, 1.54) is 0 Å². The van der Waals surface area contributed by atoms with Crippen molar-refractivity contribution in [1.29, 1.82) is 0 Å². The maximum atomic E-state index is 12.5. The topological polar surface area (TPSA) is 44.4 Å². The lowest BCUT2D eigenvalue weighted by Crippen LogP contribution is -2.45. The SMILES string of the molecule is O=C(Nc1ccccc1)C1CCCN(C(=S)Nc2ccc(Cl)c(Cl)c2)C1. The molecular weight excluding hydrogens is 389 g/mol. The summed E-state index contributed by atoms with van der Waals surface area (Å²) in [5, 5.41) is 7.70. The second-order valence-electron chi connectivity index (χ2n) is 6.20. The third kappa shape index (κ3) is 4.87. The van der Waals surface area contributed by atoms with E-state index in [1.807, 2.05) is 41.3 Å². The van der Waals surface area contributed by atoms with Crippen molar-refractivity contribution in [2.24, 2.45) is 5.92 Å². The zero-order chi connectivity index (χ0) is 18.5. The molecule has 2 aromatic carbocycles. The van der Waals surface area contributed by atoms with Crippen LogP contribution in [0.25, 0.3) is 0 Å². The Morgan fingerprint density at radius 3 is 2.54 bits per heavy atom. The van der Waals surface area contributed by atoms with Gasteiger partial charge in [0.25, 0.3) is 0 Å². The lowest BCUT2D eigenvalue weighted by atomic mass is 9.97. The van der Waals surface area contributed by atoms with E-state index in [2.05, 4.69) is 10.6 Å². The number of carbonyl (C=O) groups excluding carboxylic acids is 1. The van der Waals surface area contributed by atoms with Crippen LogP contribution >= 0.6 is 35.4 Å². The maximum absolute atomic E-state index is 12.5. The molecule has 1 unspecified atom stereocenters. The van der Waals surface area contributed by atoms with Crippen LogP contribution in [0, 0.1) is 5.92 Å². The van der Waals surface area contributed by atoms with Crippen molar-refractivity contribution in [1.82, 2.24) is 4.90 Å². The van der Waals surface area contributed by atoms with Crippen LogP contribution in [0.2, 0.25) is 10.0 Å². The van der Waals surface area contributed by atoms with E-state index in [4.69, 9.17) is 35.4 Å². The largest absolute Gasteiger partial charge is 0.348 e. The van der Waals surface area contributed by atoms with E-state index in [9.17, 15) is 4.79 Å². The molecule has 0 saturated carbocycles. The van der Waals surface area contributed by atoms with E-state index in [0.29, 0.717) is 21.7 Å². The van der Waals surface area contributed by atoms with Crippen LogP contribution in [0.1, 0.15) is 12.8 Å². The van der Waals surface area contributed by atoms with Crippen molar-refractivity contribution in [3.05, 3.63) is 58.6 Å². The minimum Gasteiger partial charge on any atom is -0.348 e. The summed E-state index contributed by atoms with van der Waals surface area (Å²) >= 11 is 17.5. The molecule has 1 atom stereocenters. The Labute approximate surface area is 168 Å². The van der Waals surface area contributed by atoms with E-state index < -0.39 is 0 Å². The Kier molecular flexibility index (Phi) is 6.35. The van der Waals surface area contributed by atoms with Crippen LogP contribution in [0.15, 0.2) is 48.5 Å². The standard InChI is InChI=1S/C19H19Cl2N3OS/c20-16-9-8-15(11-17(16)21)23-19(26)24-10-4-5-13(12-24)18(25)22-14-6-2-1-3-7-14/h1-3,6-9,11,13H,4-5,10,12H2,(H,22,25)(H,23,26). The minimum absolute atomic E-state index is 0.0261. The molecule has 2 N–H and O–H groups in total. The first-order chi connectivity index (χ1) is 12.5. The lowest BCUT2D eigenvalue weighted by Gasteiger charge is -2.34. The summed E-state index contributed by atoms with van der Waals surface area (Å²) in [5.74, 6) is -0.0734. The summed E-state index contributed by atoms with van der Waals surface area (Å²) in [7, 11) is 0. The number of nitrogens with one attached hydrogen (secondary N) is 2. The number of rotatable bonds is 3. The number of amides is 1. The number of hydrogen-bond acceptors (Lipinski definition) is 2. The van der Waals surface area contributed by atoms with Crippen LogP contribution in [-0.4, -0.2) is 29.0 Å². The highest BCUT2D eigenvalue weighted by molar-refractivity contribution is 7.80. The molecule has 0 radical (unpaired) electrons. The van der Waals surface area contributed by atoms with E-state index >= 15 is 0 Å². The average Bonchev–Trinajstić information content (AvgIpc) is 2.65. The number of benzene rings is 2. The second-order valence-corrected chi connectivity index (χ2v) is 7.40. The molecule has 1 aliphatic rings. The van der Waals surface area contributed by atoms with Crippen molar-refractivity contribution in [3.63, 3.8) is 0 Å². The number of hydrogen-bond donors (Lipinski definition) is 2. The normalized spacial score (nSPS) is 16.8. The van der Waals surface area contributed by atoms with Crippen LogP contribution in [0.3, 0.4) is 0 Å². The maximum Gasteiger partial charge on any atom is 0.229 e. The molecule has 2 aromatic rings. The summed E-state index contributed by atoms with van der Waals surface area (Å²) in [4.78, 5) is 14.6. The Bertz CT molecular complexity index is 801. The molecule has 0 aromatic heterocycles. The summed E-state index contributed by atoms with van der Waals surface area (Å²) in [5.41, 5.74) is 1.59. The highest BCUT2D eigenvalue weighted by atomic mass is 35.5. The van der Waals surface area contributed by atoms with Gasteiger partial charge in [0.1, 0.15) is 0 Å². The van der Waals surface area contributed by atoms with Gasteiger partial charge in [-0.1, -0.05) is 41.4 Å². The van der Waals surface area contributed by atoms with Gasteiger partial charge in [0.05, 0.1) is 16.0 Å². The quantitative estimate of drug-likeness (QED) is 0.699. The van der Waals surface area contributed by atoms with Gasteiger partial charge in [0, 0.05) is 24.5 Å². The zero-order valence-corrected chi connectivity index (χ0v) is 16.4. The summed E-state index contributed by atoms with van der Waals surface area (Å²) in [6, 6.07) is 14.8. The monoisotopic (exact) mass is 407 g/mol. The number of likely N-dealkylation sites (tertiary alicyclic amines) is 1. The Morgan fingerprint density at radius 1 is 1.04 bits per heavy atom. The molecule has 0 aliphatic carbocycles. The molecule has 0 bridgehead atoms. The average molecular weight is 408 g/mol. The van der Waals surface area contributed by atoms with Crippen molar-refractivity contribution >= 4 is 57.8 Å². The van der Waals surface area contributed by atoms with E-state index in [-0.39, 0.29) is 11.8 Å². The number of anilines is 2. The summed E-state index contributed by atoms with van der Waals surface area (Å²) in [6.45, 7) is 1.41. The summed E-state index contributed by atoms with van der Waals surface area (Å²) < 4.78 is 0. The number of nitrogens with zero attached hydrogens (tertiary/aromatic N) is 1. The molecule has 1 aliphatic heterocycles.